The number of aromatic nitrogens is 1. The summed E-state index contributed by atoms with van der Waals surface area (Å²) in [4.78, 5) is 4.01. The third kappa shape index (κ3) is 2.60. The second-order valence-electron chi connectivity index (χ2n) is 3.95. The molecule has 0 amide bonds. The molecule has 0 aliphatic heterocycles. The number of rotatable bonds is 4. The van der Waals surface area contributed by atoms with Gasteiger partial charge in [-0.2, -0.15) is 0 Å². The van der Waals surface area contributed by atoms with Crippen LogP contribution in [0.4, 0.5) is 0 Å². The lowest BCUT2D eigenvalue weighted by Gasteiger charge is -2.16. The zero-order chi connectivity index (χ0) is 13.0. The van der Waals surface area contributed by atoms with Crippen molar-refractivity contribution in [3.63, 3.8) is 0 Å². The number of ether oxygens (including phenoxy) is 2. The molecular formula is C14H16N2O2. The largest absolute Gasteiger partial charge is 0.496 e. The van der Waals surface area contributed by atoms with Crippen molar-refractivity contribution < 1.29 is 9.47 Å². The normalized spacial score (nSPS) is 11.9. The molecule has 2 aromatic rings. The minimum atomic E-state index is -0.173. The van der Waals surface area contributed by atoms with E-state index >= 15 is 0 Å². The van der Waals surface area contributed by atoms with E-state index in [0.717, 1.165) is 11.3 Å². The number of hydrogen-bond donors (Lipinski definition) is 1. The fourth-order valence-corrected chi connectivity index (χ4v) is 1.77. The van der Waals surface area contributed by atoms with Crippen molar-refractivity contribution in [2.45, 2.75) is 13.0 Å². The summed E-state index contributed by atoms with van der Waals surface area (Å²) in [5.41, 5.74) is 6.82. The van der Waals surface area contributed by atoms with Crippen LogP contribution < -0.4 is 15.2 Å². The van der Waals surface area contributed by atoms with Gasteiger partial charge in [0.15, 0.2) is 0 Å². The van der Waals surface area contributed by atoms with Gasteiger partial charge in [-0.1, -0.05) is 6.07 Å². The van der Waals surface area contributed by atoms with Crippen molar-refractivity contribution in [2.75, 3.05) is 7.11 Å². The Morgan fingerprint density at radius 2 is 1.94 bits per heavy atom. The lowest BCUT2D eigenvalue weighted by atomic mass is 10.1. The Balaban J connectivity index is 2.38. The first kappa shape index (κ1) is 12.4. The smallest absolute Gasteiger partial charge is 0.145 e. The van der Waals surface area contributed by atoms with E-state index in [9.17, 15) is 0 Å². The van der Waals surface area contributed by atoms with Gasteiger partial charge in [-0.3, -0.25) is 4.98 Å². The topological polar surface area (TPSA) is 57.4 Å². The van der Waals surface area contributed by atoms with Crippen LogP contribution in [0.2, 0.25) is 0 Å². The Morgan fingerprint density at radius 1 is 1.17 bits per heavy atom. The highest BCUT2D eigenvalue weighted by Gasteiger charge is 2.14. The number of hydrogen-bond acceptors (Lipinski definition) is 4. The highest BCUT2D eigenvalue weighted by atomic mass is 16.5. The summed E-state index contributed by atoms with van der Waals surface area (Å²) in [6, 6.07) is 9.10. The van der Waals surface area contributed by atoms with Crippen LogP contribution in [-0.2, 0) is 0 Å². The fourth-order valence-electron chi connectivity index (χ4n) is 1.77. The molecule has 0 spiro atoms. The van der Waals surface area contributed by atoms with E-state index in [4.69, 9.17) is 15.2 Å². The van der Waals surface area contributed by atoms with Gasteiger partial charge < -0.3 is 15.2 Å². The van der Waals surface area contributed by atoms with Gasteiger partial charge in [0.25, 0.3) is 0 Å². The summed E-state index contributed by atoms with van der Waals surface area (Å²) >= 11 is 0. The summed E-state index contributed by atoms with van der Waals surface area (Å²) in [5.74, 6) is 2.09. The maximum Gasteiger partial charge on any atom is 0.145 e. The number of nitrogens with two attached hydrogens (primary N) is 1. The van der Waals surface area contributed by atoms with Crippen LogP contribution in [0.25, 0.3) is 0 Å². The third-order valence-electron chi connectivity index (χ3n) is 2.56. The van der Waals surface area contributed by atoms with E-state index < -0.39 is 0 Å². The number of benzene rings is 1. The highest BCUT2D eigenvalue weighted by Crippen LogP contribution is 2.35. The van der Waals surface area contributed by atoms with Crippen LogP contribution in [0, 0.1) is 0 Å². The van der Waals surface area contributed by atoms with Gasteiger partial charge in [-0.25, -0.2) is 0 Å². The Hall–Kier alpha value is -2.07. The molecule has 1 aromatic carbocycles. The molecule has 0 saturated carbocycles. The van der Waals surface area contributed by atoms with Gasteiger partial charge in [0, 0.05) is 12.2 Å². The summed E-state index contributed by atoms with van der Waals surface area (Å²) in [6.07, 6.45) is 3.36. The Morgan fingerprint density at radius 3 is 2.56 bits per heavy atom. The molecule has 94 valence electrons. The molecule has 0 aliphatic rings. The Bertz CT molecular complexity index is 512. The Labute approximate surface area is 106 Å². The molecule has 1 aromatic heterocycles. The molecule has 18 heavy (non-hydrogen) atoms. The van der Waals surface area contributed by atoms with Crippen molar-refractivity contribution in [3.05, 3.63) is 48.3 Å². The molecule has 1 atom stereocenters. The number of nitrogens with zero attached hydrogens (tertiary/aromatic N) is 1. The predicted molar refractivity (Wildman–Crippen MR) is 69.9 cm³/mol. The van der Waals surface area contributed by atoms with Crippen LogP contribution in [0.3, 0.4) is 0 Å². The van der Waals surface area contributed by atoms with E-state index in [-0.39, 0.29) is 6.04 Å². The zero-order valence-electron chi connectivity index (χ0n) is 10.5. The maximum absolute atomic E-state index is 5.97. The second kappa shape index (κ2) is 5.51. The molecule has 4 nitrogen and oxygen atoms in total. The third-order valence-corrected chi connectivity index (χ3v) is 2.56. The maximum atomic E-state index is 5.97. The summed E-state index contributed by atoms with van der Waals surface area (Å²) in [7, 11) is 1.62. The lowest BCUT2D eigenvalue weighted by Crippen LogP contribution is -2.08. The highest BCUT2D eigenvalue weighted by molar-refractivity contribution is 5.48. The quantitative estimate of drug-likeness (QED) is 0.898. The summed E-state index contributed by atoms with van der Waals surface area (Å²) in [6.45, 7) is 1.90. The predicted octanol–water partition coefficient (Wildman–Crippen LogP) is 2.90. The van der Waals surface area contributed by atoms with Crippen LogP contribution in [0.5, 0.6) is 17.2 Å². The lowest BCUT2D eigenvalue weighted by molar-refractivity contribution is 0.397. The van der Waals surface area contributed by atoms with Crippen LogP contribution in [0.1, 0.15) is 18.5 Å². The standard InChI is InChI=1S/C14H16N2O2/c1-10(15)14-12(17-2)6-3-7-13(14)18-11-5-4-8-16-9-11/h3-10H,15H2,1-2H3/t10-/m0/s1. The summed E-state index contributed by atoms with van der Waals surface area (Å²) in [5, 5.41) is 0. The first-order valence-corrected chi connectivity index (χ1v) is 5.72. The van der Waals surface area contributed by atoms with E-state index in [2.05, 4.69) is 4.98 Å². The molecule has 0 radical (unpaired) electrons. The molecular weight excluding hydrogens is 228 g/mol. The number of methoxy groups -OCH3 is 1. The fraction of sp³-hybridized carbons (Fsp3) is 0.214. The van der Waals surface area contributed by atoms with Crippen molar-refractivity contribution in [1.82, 2.24) is 4.98 Å². The average molecular weight is 244 g/mol. The van der Waals surface area contributed by atoms with Gasteiger partial charge in [0.05, 0.1) is 18.9 Å². The first-order chi connectivity index (χ1) is 8.72. The molecule has 0 saturated heterocycles. The van der Waals surface area contributed by atoms with Crippen molar-refractivity contribution >= 4 is 0 Å². The van der Waals surface area contributed by atoms with E-state index in [1.807, 2.05) is 37.3 Å². The molecule has 0 aliphatic carbocycles. The van der Waals surface area contributed by atoms with Gasteiger partial charge in [0.2, 0.25) is 0 Å². The number of pyridine rings is 1. The molecule has 1 heterocycles. The van der Waals surface area contributed by atoms with E-state index in [1.165, 1.54) is 0 Å². The van der Waals surface area contributed by atoms with Gasteiger partial charge in [-0.05, 0) is 31.2 Å². The van der Waals surface area contributed by atoms with Gasteiger partial charge in [-0.15, -0.1) is 0 Å². The van der Waals surface area contributed by atoms with E-state index in [0.29, 0.717) is 11.5 Å². The zero-order valence-corrected chi connectivity index (χ0v) is 10.5. The van der Waals surface area contributed by atoms with Crippen LogP contribution >= 0.6 is 0 Å². The van der Waals surface area contributed by atoms with Crippen molar-refractivity contribution in [3.8, 4) is 17.2 Å². The monoisotopic (exact) mass is 244 g/mol. The van der Waals surface area contributed by atoms with E-state index in [1.54, 1.807) is 19.5 Å². The molecule has 2 rings (SSSR count). The van der Waals surface area contributed by atoms with Crippen molar-refractivity contribution in [1.29, 1.82) is 0 Å². The molecule has 0 fully saturated rings. The van der Waals surface area contributed by atoms with Crippen LogP contribution in [-0.4, -0.2) is 12.1 Å². The van der Waals surface area contributed by atoms with Gasteiger partial charge in [0.1, 0.15) is 17.2 Å². The minimum absolute atomic E-state index is 0.173. The molecule has 0 unspecified atom stereocenters. The minimum Gasteiger partial charge on any atom is -0.496 e. The molecule has 2 N–H and O–H groups in total. The molecule has 4 heteroatoms. The van der Waals surface area contributed by atoms with Crippen molar-refractivity contribution in [2.24, 2.45) is 5.73 Å². The Kier molecular flexibility index (Phi) is 3.79. The average Bonchev–Trinajstić information content (AvgIpc) is 2.39. The SMILES string of the molecule is COc1cccc(Oc2cccnc2)c1[C@H](C)N. The molecule has 0 bridgehead atoms. The second-order valence-corrected chi connectivity index (χ2v) is 3.95. The summed E-state index contributed by atoms with van der Waals surface area (Å²) < 4.78 is 11.1. The van der Waals surface area contributed by atoms with Gasteiger partial charge >= 0.3 is 0 Å². The first-order valence-electron chi connectivity index (χ1n) is 5.72. The van der Waals surface area contributed by atoms with Crippen LogP contribution in [0.15, 0.2) is 42.7 Å².